The number of hydrogen-bond acceptors (Lipinski definition) is 3. The molecule has 0 radical (unpaired) electrons. The summed E-state index contributed by atoms with van der Waals surface area (Å²) in [6.07, 6.45) is 5.57. The van der Waals surface area contributed by atoms with Crippen LogP contribution in [0.5, 0.6) is 0 Å². The predicted molar refractivity (Wildman–Crippen MR) is 50.4 cm³/mol. The Hall–Kier alpha value is -0.120. The maximum absolute atomic E-state index is 9.66. The van der Waals surface area contributed by atoms with Crippen LogP contribution in [0.25, 0.3) is 0 Å². The first kappa shape index (κ1) is 9.44. The third kappa shape index (κ3) is 2.22. The number of likely N-dealkylation sites (tertiary alicyclic amines) is 1. The molecule has 0 bridgehead atoms. The van der Waals surface area contributed by atoms with Crippen molar-refractivity contribution in [3.05, 3.63) is 0 Å². The van der Waals surface area contributed by atoms with Crippen molar-refractivity contribution in [3.8, 4) is 0 Å². The highest BCUT2D eigenvalue weighted by Gasteiger charge is 2.29. The van der Waals surface area contributed by atoms with Crippen LogP contribution in [0.3, 0.4) is 0 Å². The average Bonchev–Trinajstić information content (AvgIpc) is 2.20. The number of aliphatic hydroxyl groups excluding tert-OH is 1. The Balaban J connectivity index is 1.88. The molecule has 2 aliphatic heterocycles. The van der Waals surface area contributed by atoms with Crippen molar-refractivity contribution in [3.63, 3.8) is 0 Å². The summed E-state index contributed by atoms with van der Waals surface area (Å²) in [7, 11) is 0. The summed E-state index contributed by atoms with van der Waals surface area (Å²) in [5, 5.41) is 9.66. The highest BCUT2D eigenvalue weighted by molar-refractivity contribution is 4.79. The first-order valence-electron chi connectivity index (χ1n) is 5.41. The molecule has 76 valence electrons. The topological polar surface area (TPSA) is 32.7 Å². The summed E-state index contributed by atoms with van der Waals surface area (Å²) >= 11 is 0. The van der Waals surface area contributed by atoms with Crippen molar-refractivity contribution in [1.82, 2.24) is 4.90 Å². The van der Waals surface area contributed by atoms with E-state index in [1.807, 2.05) is 0 Å². The van der Waals surface area contributed by atoms with Crippen molar-refractivity contribution in [2.24, 2.45) is 0 Å². The third-order valence-corrected chi connectivity index (χ3v) is 3.12. The Morgan fingerprint density at radius 2 is 1.85 bits per heavy atom. The maximum atomic E-state index is 9.66. The van der Waals surface area contributed by atoms with E-state index in [1.165, 1.54) is 19.3 Å². The summed E-state index contributed by atoms with van der Waals surface area (Å²) in [6, 6.07) is 0.272. The van der Waals surface area contributed by atoms with Crippen LogP contribution >= 0.6 is 0 Å². The fraction of sp³-hybridized carbons (Fsp3) is 1.00. The second-order valence-corrected chi connectivity index (χ2v) is 4.07. The fourth-order valence-corrected chi connectivity index (χ4v) is 2.36. The molecule has 0 aliphatic carbocycles. The maximum Gasteiger partial charge on any atom is 0.170 e. The molecule has 0 aromatic heterocycles. The van der Waals surface area contributed by atoms with E-state index in [1.54, 1.807) is 0 Å². The summed E-state index contributed by atoms with van der Waals surface area (Å²) in [5.41, 5.74) is 0. The number of nitrogens with zero attached hydrogens (tertiary/aromatic N) is 1. The van der Waals surface area contributed by atoms with Crippen LogP contribution in [0.4, 0.5) is 0 Å². The largest absolute Gasteiger partial charge is 0.367 e. The molecule has 2 saturated heterocycles. The van der Waals surface area contributed by atoms with Crippen molar-refractivity contribution >= 4 is 0 Å². The first-order chi connectivity index (χ1) is 6.38. The molecule has 2 fully saturated rings. The van der Waals surface area contributed by atoms with E-state index in [9.17, 15) is 5.11 Å². The van der Waals surface area contributed by atoms with E-state index in [4.69, 9.17) is 4.74 Å². The van der Waals surface area contributed by atoms with E-state index in [0.717, 1.165) is 32.5 Å². The molecule has 13 heavy (non-hydrogen) atoms. The van der Waals surface area contributed by atoms with Gasteiger partial charge >= 0.3 is 0 Å². The van der Waals surface area contributed by atoms with Crippen LogP contribution in [0.1, 0.15) is 32.1 Å². The number of rotatable bonds is 1. The van der Waals surface area contributed by atoms with E-state index < -0.39 is 6.29 Å². The molecule has 3 heteroatoms. The third-order valence-electron chi connectivity index (χ3n) is 3.12. The van der Waals surface area contributed by atoms with Gasteiger partial charge in [-0.05, 0) is 38.8 Å². The van der Waals surface area contributed by atoms with Crippen LogP contribution in [-0.4, -0.2) is 42.0 Å². The lowest BCUT2D eigenvalue weighted by molar-refractivity contribution is -0.169. The fourth-order valence-electron chi connectivity index (χ4n) is 2.36. The Morgan fingerprint density at radius 3 is 2.54 bits per heavy atom. The lowest BCUT2D eigenvalue weighted by Crippen LogP contribution is -2.49. The summed E-state index contributed by atoms with van der Waals surface area (Å²) in [6.45, 7) is 3.02. The van der Waals surface area contributed by atoms with Crippen molar-refractivity contribution in [1.29, 1.82) is 0 Å². The normalized spacial score (nSPS) is 37.6. The van der Waals surface area contributed by atoms with Crippen molar-refractivity contribution < 1.29 is 9.84 Å². The Bertz CT molecular complexity index is 157. The quantitative estimate of drug-likeness (QED) is 0.660. The Morgan fingerprint density at radius 1 is 1.08 bits per heavy atom. The van der Waals surface area contributed by atoms with Gasteiger partial charge in [-0.3, -0.25) is 4.90 Å². The zero-order valence-corrected chi connectivity index (χ0v) is 8.11. The highest BCUT2D eigenvalue weighted by atomic mass is 16.6. The Kier molecular flexibility index (Phi) is 3.19. The molecule has 0 amide bonds. The van der Waals surface area contributed by atoms with Crippen LogP contribution in [-0.2, 0) is 4.74 Å². The van der Waals surface area contributed by atoms with Gasteiger partial charge in [-0.15, -0.1) is 0 Å². The SMILES string of the molecule is OC1OCCCC1N1CCCCC1. The lowest BCUT2D eigenvalue weighted by Gasteiger charge is -2.39. The molecule has 0 spiro atoms. The molecular formula is C10H19NO2. The van der Waals surface area contributed by atoms with Gasteiger partial charge < -0.3 is 9.84 Å². The Labute approximate surface area is 79.7 Å². The summed E-state index contributed by atoms with van der Waals surface area (Å²) in [4.78, 5) is 2.40. The smallest absolute Gasteiger partial charge is 0.170 e. The minimum absolute atomic E-state index is 0.272. The van der Waals surface area contributed by atoms with Gasteiger partial charge in [-0.2, -0.15) is 0 Å². The van der Waals surface area contributed by atoms with Crippen LogP contribution in [0.15, 0.2) is 0 Å². The van der Waals surface area contributed by atoms with Gasteiger partial charge in [0.05, 0.1) is 6.04 Å². The van der Waals surface area contributed by atoms with E-state index in [0.29, 0.717) is 0 Å². The van der Waals surface area contributed by atoms with E-state index in [-0.39, 0.29) is 6.04 Å². The number of hydrogen-bond donors (Lipinski definition) is 1. The van der Waals surface area contributed by atoms with Crippen LogP contribution in [0, 0.1) is 0 Å². The minimum Gasteiger partial charge on any atom is -0.367 e. The van der Waals surface area contributed by atoms with Gasteiger partial charge in [0, 0.05) is 6.61 Å². The molecule has 2 unspecified atom stereocenters. The van der Waals surface area contributed by atoms with Gasteiger partial charge in [0.1, 0.15) is 0 Å². The van der Waals surface area contributed by atoms with Gasteiger partial charge in [0.15, 0.2) is 6.29 Å². The molecule has 2 atom stereocenters. The molecule has 2 rings (SSSR count). The summed E-state index contributed by atoms with van der Waals surface area (Å²) < 4.78 is 5.26. The second kappa shape index (κ2) is 4.40. The molecule has 1 N–H and O–H groups in total. The standard InChI is InChI=1S/C10H19NO2/c12-10-9(5-4-8-13-10)11-6-2-1-3-7-11/h9-10,12H,1-8H2. The minimum atomic E-state index is -0.535. The molecular weight excluding hydrogens is 166 g/mol. The average molecular weight is 185 g/mol. The van der Waals surface area contributed by atoms with E-state index >= 15 is 0 Å². The molecule has 0 saturated carbocycles. The lowest BCUT2D eigenvalue weighted by atomic mass is 10.0. The summed E-state index contributed by atoms with van der Waals surface area (Å²) in [5.74, 6) is 0. The second-order valence-electron chi connectivity index (χ2n) is 4.07. The van der Waals surface area contributed by atoms with Crippen molar-refractivity contribution in [2.75, 3.05) is 19.7 Å². The zero-order valence-electron chi connectivity index (χ0n) is 8.11. The molecule has 2 heterocycles. The van der Waals surface area contributed by atoms with E-state index in [2.05, 4.69) is 4.90 Å². The van der Waals surface area contributed by atoms with Gasteiger partial charge in [0.25, 0.3) is 0 Å². The van der Waals surface area contributed by atoms with Crippen LogP contribution in [0.2, 0.25) is 0 Å². The first-order valence-corrected chi connectivity index (χ1v) is 5.41. The number of aliphatic hydroxyl groups is 1. The zero-order chi connectivity index (χ0) is 9.10. The predicted octanol–water partition coefficient (Wildman–Crippen LogP) is 0.970. The van der Waals surface area contributed by atoms with Crippen molar-refractivity contribution in [2.45, 2.75) is 44.4 Å². The molecule has 0 aromatic carbocycles. The molecule has 3 nitrogen and oxygen atoms in total. The number of ether oxygens (including phenoxy) is 1. The highest BCUT2D eigenvalue weighted by Crippen LogP contribution is 2.21. The number of piperidine rings is 1. The molecule has 2 aliphatic rings. The van der Waals surface area contributed by atoms with Gasteiger partial charge in [0.2, 0.25) is 0 Å². The van der Waals surface area contributed by atoms with Gasteiger partial charge in [-0.1, -0.05) is 6.42 Å². The monoisotopic (exact) mass is 185 g/mol. The van der Waals surface area contributed by atoms with Gasteiger partial charge in [-0.25, -0.2) is 0 Å². The molecule has 0 aromatic rings. The van der Waals surface area contributed by atoms with Crippen LogP contribution < -0.4 is 0 Å².